The molecule has 8 nitrogen and oxygen atoms in total. The summed E-state index contributed by atoms with van der Waals surface area (Å²) >= 11 is 0. The van der Waals surface area contributed by atoms with Crippen LogP contribution in [0.5, 0.6) is 0 Å². The summed E-state index contributed by atoms with van der Waals surface area (Å²) in [5, 5.41) is 18.1. The van der Waals surface area contributed by atoms with Crippen molar-refractivity contribution in [2.45, 2.75) is 148 Å². The molecular weight excluding hydrogens is 545 g/mol. The van der Waals surface area contributed by atoms with Crippen LogP contribution in [-0.4, -0.2) is 73.9 Å². The predicted octanol–water partition coefficient (Wildman–Crippen LogP) is 7.42. The van der Waals surface area contributed by atoms with Crippen LogP contribution in [0.25, 0.3) is 0 Å². The lowest BCUT2D eigenvalue weighted by molar-refractivity contribution is -0.909. The van der Waals surface area contributed by atoms with Gasteiger partial charge in [-0.05, 0) is 51.4 Å². The highest BCUT2D eigenvalue weighted by atomic mass is 16.6. The number of hydrogen-bond acceptors (Lipinski definition) is 7. The fraction of sp³-hybridized carbons (Fsp3) is 0.824. The molecule has 1 radical (unpaired) electrons. The Balaban J connectivity index is 4.43. The molecule has 1 unspecified atom stereocenters. The fourth-order valence-corrected chi connectivity index (χ4v) is 4.78. The van der Waals surface area contributed by atoms with Crippen molar-refractivity contribution < 1.29 is 38.2 Å². The summed E-state index contributed by atoms with van der Waals surface area (Å²) in [6.07, 6.45) is 29.3. The monoisotopic (exact) mass is 610 g/mol. The van der Waals surface area contributed by atoms with E-state index in [1.165, 1.54) is 77.0 Å². The predicted molar refractivity (Wildman–Crippen MR) is 176 cm³/mol. The van der Waals surface area contributed by atoms with E-state index in [-0.39, 0.29) is 36.2 Å². The Kier molecular flexibility index (Phi) is 27.9. The minimum atomic E-state index is -1.88. The van der Waals surface area contributed by atoms with Gasteiger partial charge < -0.3 is 28.7 Å². The number of allylic oxidation sites excluding steroid dienone is 4. The zero-order valence-corrected chi connectivity index (χ0v) is 28.1. The topological polar surface area (TPSA) is 102 Å². The van der Waals surface area contributed by atoms with Crippen molar-refractivity contribution in [1.29, 1.82) is 0 Å². The van der Waals surface area contributed by atoms with Gasteiger partial charge in [-0.2, -0.15) is 0 Å². The Hall–Kier alpha value is -1.68. The summed E-state index contributed by atoms with van der Waals surface area (Å²) in [5.41, 5.74) is 0. The number of quaternary nitrogens is 1. The first-order valence-electron chi connectivity index (χ1n) is 17.1. The minimum absolute atomic E-state index is 0.00582. The van der Waals surface area contributed by atoms with Gasteiger partial charge in [0.25, 0.3) is 0 Å². The molecule has 0 saturated heterocycles. The Morgan fingerprint density at radius 2 is 1.12 bits per heavy atom. The van der Waals surface area contributed by atoms with Gasteiger partial charge in [0.1, 0.15) is 19.9 Å². The zero-order chi connectivity index (χ0) is 32.0. The van der Waals surface area contributed by atoms with Crippen molar-refractivity contribution >= 4 is 19.3 Å². The molecule has 0 bridgehead atoms. The molecule has 0 aromatic heterocycles. The first-order chi connectivity index (χ1) is 20.7. The molecule has 43 heavy (non-hydrogen) atoms. The molecule has 1 atom stereocenters. The highest BCUT2D eigenvalue weighted by molar-refractivity contribution is 6.32. The van der Waals surface area contributed by atoms with Crippen molar-refractivity contribution in [3.8, 4) is 0 Å². The van der Waals surface area contributed by atoms with Crippen LogP contribution in [0.15, 0.2) is 24.3 Å². The number of unbranched alkanes of at least 4 members (excludes halogenated alkanes) is 14. The number of carbonyl (C=O) groups is 2. The molecule has 0 aromatic rings. The van der Waals surface area contributed by atoms with Gasteiger partial charge in [-0.25, -0.2) is 0 Å². The molecule has 0 aliphatic carbocycles. The van der Waals surface area contributed by atoms with Crippen LogP contribution in [0.4, 0.5) is 0 Å². The van der Waals surface area contributed by atoms with Crippen molar-refractivity contribution in [3.05, 3.63) is 24.3 Å². The van der Waals surface area contributed by atoms with E-state index in [1.54, 1.807) is 0 Å². The van der Waals surface area contributed by atoms with Crippen LogP contribution in [0.1, 0.15) is 142 Å². The molecular formula is C34H65BNO7. The third kappa shape index (κ3) is 30.1. The van der Waals surface area contributed by atoms with E-state index in [1.807, 2.05) is 14.1 Å². The molecule has 0 spiro atoms. The van der Waals surface area contributed by atoms with E-state index < -0.39 is 13.4 Å². The molecule has 0 aliphatic rings. The van der Waals surface area contributed by atoms with Gasteiger partial charge in [0.15, 0.2) is 6.10 Å². The first kappa shape index (κ1) is 41.3. The second-order valence-corrected chi connectivity index (χ2v) is 12.4. The van der Waals surface area contributed by atoms with E-state index >= 15 is 0 Å². The average Bonchev–Trinajstić information content (AvgIpc) is 2.96. The smallest absolute Gasteiger partial charge is 0.306 e. The van der Waals surface area contributed by atoms with Gasteiger partial charge in [0.2, 0.25) is 0 Å². The van der Waals surface area contributed by atoms with Gasteiger partial charge in [-0.1, -0.05) is 102 Å². The summed E-state index contributed by atoms with van der Waals surface area (Å²) in [7, 11) is 1.75. The van der Waals surface area contributed by atoms with Crippen molar-refractivity contribution in [2.24, 2.45) is 0 Å². The third-order valence-electron chi connectivity index (χ3n) is 7.28. The van der Waals surface area contributed by atoms with Crippen LogP contribution >= 0.6 is 0 Å². The van der Waals surface area contributed by atoms with Gasteiger partial charge >= 0.3 is 19.3 Å². The highest BCUT2D eigenvalue weighted by Crippen LogP contribution is 2.11. The first-order valence-corrected chi connectivity index (χ1v) is 17.1. The summed E-state index contributed by atoms with van der Waals surface area (Å²) in [6, 6.07) is 0. The number of carbonyl (C=O) groups excluding carboxylic acids is 2. The minimum Gasteiger partial charge on any atom is -0.581 e. The Bertz CT molecular complexity index is 728. The lowest BCUT2D eigenvalue weighted by Crippen LogP contribution is -2.50. The molecule has 0 aromatic carbocycles. The number of rotatable bonds is 30. The lowest BCUT2D eigenvalue weighted by atomic mass is 10.1. The van der Waals surface area contributed by atoms with E-state index in [9.17, 15) is 9.59 Å². The molecule has 0 aliphatic heterocycles. The van der Waals surface area contributed by atoms with Crippen molar-refractivity contribution in [2.75, 3.05) is 34.0 Å². The van der Waals surface area contributed by atoms with Gasteiger partial charge in [0, 0.05) is 12.8 Å². The van der Waals surface area contributed by atoms with E-state index in [0.29, 0.717) is 25.8 Å². The summed E-state index contributed by atoms with van der Waals surface area (Å²) in [4.78, 5) is 25.0. The van der Waals surface area contributed by atoms with Crippen molar-refractivity contribution in [3.63, 3.8) is 0 Å². The number of esters is 2. The number of ether oxygens (including phenoxy) is 2. The molecule has 2 N–H and O–H groups in total. The van der Waals surface area contributed by atoms with Gasteiger partial charge in [-0.15, -0.1) is 0 Å². The Morgan fingerprint density at radius 3 is 1.60 bits per heavy atom. The maximum atomic E-state index is 12.6. The second kappa shape index (κ2) is 29.1. The number of hydrogen-bond donors (Lipinski definition) is 2. The fourth-order valence-electron chi connectivity index (χ4n) is 4.78. The van der Waals surface area contributed by atoms with E-state index in [0.717, 1.165) is 25.7 Å². The summed E-state index contributed by atoms with van der Waals surface area (Å²) in [6.45, 7) is 4.71. The van der Waals surface area contributed by atoms with Gasteiger partial charge in [-0.3, -0.25) is 9.59 Å². The number of likely N-dealkylation sites (N-methyl/N-ethyl adjacent to an activating group) is 1. The molecule has 0 saturated carbocycles. The standard InChI is InChI=1S/C34H65BNO7/c1-5-7-9-11-13-15-17-19-21-23-25-27-33(37)41-30-32(29-36(3,4)31-42-35(39)40)43-34(38)28-26-24-22-20-18-16-14-12-10-8-6-2/h19-22,32,39-40H,5-18,23-31H2,1-4H3/b21-19-,22-20-. The quantitative estimate of drug-likeness (QED) is 0.0218. The van der Waals surface area contributed by atoms with Crippen LogP contribution in [-0.2, 0) is 23.7 Å². The molecule has 0 rings (SSSR count). The molecule has 251 valence electrons. The summed E-state index contributed by atoms with van der Waals surface area (Å²) in [5.74, 6) is -0.641. The molecule has 9 heteroatoms. The largest absolute Gasteiger partial charge is 0.581 e. The maximum Gasteiger partial charge on any atom is 0.306 e. The van der Waals surface area contributed by atoms with E-state index in [4.69, 9.17) is 24.2 Å². The van der Waals surface area contributed by atoms with Gasteiger partial charge in [0.05, 0.1) is 14.1 Å². The second-order valence-electron chi connectivity index (χ2n) is 12.4. The SMILES string of the molecule is CCCCCCCC/C=C\CCCC(=O)OCC(C[N+](C)(C)CO[B-](O)O)OC(=O)CCC/C=C\CCCCCCCC. The third-order valence-corrected chi connectivity index (χ3v) is 7.28. The van der Waals surface area contributed by atoms with Crippen LogP contribution in [0, 0.1) is 0 Å². The van der Waals surface area contributed by atoms with E-state index in [2.05, 4.69) is 38.2 Å². The molecule has 0 heterocycles. The zero-order valence-electron chi connectivity index (χ0n) is 28.1. The van der Waals surface area contributed by atoms with Crippen LogP contribution in [0.3, 0.4) is 0 Å². The normalized spacial score (nSPS) is 12.9. The molecule has 0 amide bonds. The number of nitrogens with zero attached hydrogens (tertiary/aromatic N) is 1. The molecule has 0 fully saturated rings. The average molecular weight is 611 g/mol. The summed E-state index contributed by atoms with van der Waals surface area (Å²) < 4.78 is 16.3. The Morgan fingerprint density at radius 1 is 0.674 bits per heavy atom. The lowest BCUT2D eigenvalue weighted by Gasteiger charge is -2.35. The Labute approximate surface area is 264 Å². The highest BCUT2D eigenvalue weighted by Gasteiger charge is 2.26. The van der Waals surface area contributed by atoms with Crippen molar-refractivity contribution in [1.82, 2.24) is 0 Å². The van der Waals surface area contributed by atoms with Crippen LogP contribution in [0.2, 0.25) is 0 Å². The maximum absolute atomic E-state index is 12.6. The van der Waals surface area contributed by atoms with Crippen LogP contribution < -0.4 is 0 Å².